The minimum atomic E-state index is -0.106. The average Bonchev–Trinajstić information content (AvgIpc) is 2.19. The van der Waals surface area contributed by atoms with Crippen LogP contribution in [0.5, 0.6) is 0 Å². The van der Waals surface area contributed by atoms with Crippen molar-refractivity contribution in [2.24, 2.45) is 0 Å². The van der Waals surface area contributed by atoms with Crippen molar-refractivity contribution in [2.75, 3.05) is 0 Å². The summed E-state index contributed by atoms with van der Waals surface area (Å²) in [5.41, 5.74) is 1.66. The van der Waals surface area contributed by atoms with Gasteiger partial charge in [0.2, 0.25) is 5.56 Å². The molecule has 1 heterocycles. The van der Waals surface area contributed by atoms with Crippen molar-refractivity contribution in [2.45, 2.75) is 6.42 Å². The highest BCUT2D eigenvalue weighted by atomic mass is 16.1. The average molecular weight is 184 g/mol. The third-order valence-electron chi connectivity index (χ3n) is 2.07. The van der Waals surface area contributed by atoms with E-state index in [2.05, 4.69) is 11.1 Å². The largest absolute Gasteiger partial charge is 0.322 e. The molecule has 0 aliphatic carbocycles. The van der Waals surface area contributed by atoms with E-state index < -0.39 is 0 Å². The summed E-state index contributed by atoms with van der Waals surface area (Å²) in [6.07, 6.45) is 0.398. The molecular formula is C11H8N2O. The predicted molar refractivity (Wildman–Crippen MR) is 53.9 cm³/mol. The summed E-state index contributed by atoms with van der Waals surface area (Å²) in [6, 6.07) is 10.9. The second kappa shape index (κ2) is 3.35. The van der Waals surface area contributed by atoms with Gasteiger partial charge in [-0.2, -0.15) is 5.26 Å². The number of pyridine rings is 1. The summed E-state index contributed by atoms with van der Waals surface area (Å²) >= 11 is 0. The standard InChI is InChI=1S/C11H8N2O/c12-6-5-8-1-3-10-9(7-8)2-4-11(14)13-10/h1-4,7H,5H2,(H,13,14). The number of aromatic amines is 1. The second-order valence-corrected chi connectivity index (χ2v) is 3.08. The van der Waals surface area contributed by atoms with Crippen molar-refractivity contribution in [3.05, 3.63) is 46.2 Å². The molecule has 0 saturated carbocycles. The van der Waals surface area contributed by atoms with E-state index >= 15 is 0 Å². The maximum Gasteiger partial charge on any atom is 0.248 e. The normalized spacial score (nSPS) is 9.93. The van der Waals surface area contributed by atoms with Crippen LogP contribution in [0.3, 0.4) is 0 Å². The topological polar surface area (TPSA) is 56.6 Å². The fraction of sp³-hybridized carbons (Fsp3) is 0.0909. The van der Waals surface area contributed by atoms with E-state index in [0.29, 0.717) is 6.42 Å². The van der Waals surface area contributed by atoms with Gasteiger partial charge in [0.25, 0.3) is 0 Å². The molecule has 0 bridgehead atoms. The van der Waals surface area contributed by atoms with Crippen molar-refractivity contribution < 1.29 is 0 Å². The smallest absolute Gasteiger partial charge is 0.248 e. The minimum absolute atomic E-state index is 0.106. The molecule has 3 nitrogen and oxygen atoms in total. The van der Waals surface area contributed by atoms with Gasteiger partial charge in [0.1, 0.15) is 0 Å². The van der Waals surface area contributed by atoms with Crippen LogP contribution in [0.1, 0.15) is 5.56 Å². The Hall–Kier alpha value is -2.08. The van der Waals surface area contributed by atoms with Crippen molar-refractivity contribution in [3.63, 3.8) is 0 Å². The lowest BCUT2D eigenvalue weighted by Crippen LogP contribution is -2.02. The minimum Gasteiger partial charge on any atom is -0.322 e. The first-order valence-electron chi connectivity index (χ1n) is 4.28. The molecule has 0 aliphatic heterocycles. The maximum atomic E-state index is 11.0. The lowest BCUT2D eigenvalue weighted by atomic mass is 10.1. The number of fused-ring (bicyclic) bond motifs is 1. The van der Waals surface area contributed by atoms with Gasteiger partial charge in [0.05, 0.1) is 12.5 Å². The zero-order valence-corrected chi connectivity index (χ0v) is 7.45. The van der Waals surface area contributed by atoms with Gasteiger partial charge in [-0.1, -0.05) is 6.07 Å². The summed E-state index contributed by atoms with van der Waals surface area (Å²) in [6.45, 7) is 0. The van der Waals surface area contributed by atoms with Gasteiger partial charge >= 0.3 is 0 Å². The third-order valence-corrected chi connectivity index (χ3v) is 2.07. The van der Waals surface area contributed by atoms with Gasteiger partial charge in [-0.05, 0) is 29.1 Å². The molecule has 2 rings (SSSR count). The van der Waals surface area contributed by atoms with E-state index in [9.17, 15) is 4.79 Å². The van der Waals surface area contributed by atoms with Crippen molar-refractivity contribution in [1.82, 2.24) is 4.98 Å². The molecule has 0 aliphatic rings. The predicted octanol–water partition coefficient (Wildman–Crippen LogP) is 1.59. The molecule has 2 aromatic rings. The quantitative estimate of drug-likeness (QED) is 0.731. The molecule has 1 N–H and O–H groups in total. The number of H-pyrrole nitrogens is 1. The lowest BCUT2D eigenvalue weighted by molar-refractivity contribution is 1.25. The Balaban J connectivity index is 2.63. The van der Waals surface area contributed by atoms with Gasteiger partial charge in [-0.25, -0.2) is 0 Å². The zero-order valence-electron chi connectivity index (χ0n) is 7.45. The Morgan fingerprint density at radius 2 is 2.14 bits per heavy atom. The maximum absolute atomic E-state index is 11.0. The van der Waals surface area contributed by atoms with Crippen molar-refractivity contribution >= 4 is 10.9 Å². The van der Waals surface area contributed by atoms with E-state index in [1.54, 1.807) is 6.07 Å². The van der Waals surface area contributed by atoms with Gasteiger partial charge < -0.3 is 4.98 Å². The molecule has 0 atom stereocenters. The van der Waals surface area contributed by atoms with Crippen LogP contribution < -0.4 is 5.56 Å². The SMILES string of the molecule is N#CCc1ccc2[nH]c(=O)ccc2c1. The fourth-order valence-electron chi connectivity index (χ4n) is 1.41. The Labute approximate surface area is 80.6 Å². The highest BCUT2D eigenvalue weighted by Gasteiger charge is 1.96. The Bertz CT molecular complexity index is 563. The lowest BCUT2D eigenvalue weighted by Gasteiger charge is -1.98. The van der Waals surface area contributed by atoms with E-state index in [-0.39, 0.29) is 5.56 Å². The zero-order chi connectivity index (χ0) is 9.97. The first kappa shape index (κ1) is 8.52. The monoisotopic (exact) mass is 184 g/mol. The molecule has 0 unspecified atom stereocenters. The highest BCUT2D eigenvalue weighted by Crippen LogP contribution is 2.12. The fourth-order valence-corrected chi connectivity index (χ4v) is 1.41. The summed E-state index contributed by atoms with van der Waals surface area (Å²) < 4.78 is 0. The first-order valence-corrected chi connectivity index (χ1v) is 4.28. The Morgan fingerprint density at radius 3 is 2.93 bits per heavy atom. The molecular weight excluding hydrogens is 176 g/mol. The van der Waals surface area contributed by atoms with Gasteiger partial charge in [-0.3, -0.25) is 4.79 Å². The summed E-state index contributed by atoms with van der Waals surface area (Å²) in [4.78, 5) is 13.7. The Morgan fingerprint density at radius 1 is 1.29 bits per heavy atom. The summed E-state index contributed by atoms with van der Waals surface area (Å²) in [7, 11) is 0. The van der Waals surface area contributed by atoms with Crippen LogP contribution in [-0.4, -0.2) is 4.98 Å². The molecule has 0 fully saturated rings. The van der Waals surface area contributed by atoms with Gasteiger partial charge in [-0.15, -0.1) is 0 Å². The number of aromatic nitrogens is 1. The van der Waals surface area contributed by atoms with Crippen LogP contribution in [0.4, 0.5) is 0 Å². The summed E-state index contributed by atoms with van der Waals surface area (Å²) in [5, 5.41) is 9.48. The molecule has 0 saturated heterocycles. The van der Waals surface area contributed by atoms with Gasteiger partial charge in [0, 0.05) is 11.6 Å². The molecule has 14 heavy (non-hydrogen) atoms. The molecule has 3 heteroatoms. The number of nitriles is 1. The highest BCUT2D eigenvalue weighted by molar-refractivity contribution is 5.78. The van der Waals surface area contributed by atoms with E-state index in [4.69, 9.17) is 5.26 Å². The van der Waals surface area contributed by atoms with Crippen LogP contribution in [0.25, 0.3) is 10.9 Å². The van der Waals surface area contributed by atoms with Gasteiger partial charge in [0.15, 0.2) is 0 Å². The van der Waals surface area contributed by atoms with Crippen LogP contribution in [0.15, 0.2) is 35.1 Å². The molecule has 0 amide bonds. The van der Waals surface area contributed by atoms with Crippen LogP contribution in [-0.2, 0) is 6.42 Å². The molecule has 0 spiro atoms. The number of hydrogen-bond acceptors (Lipinski definition) is 2. The van der Waals surface area contributed by atoms with Crippen LogP contribution >= 0.6 is 0 Å². The Kier molecular flexibility index (Phi) is 2.04. The van der Waals surface area contributed by atoms with E-state index in [1.165, 1.54) is 6.07 Å². The molecule has 1 aromatic carbocycles. The number of nitrogens with one attached hydrogen (secondary N) is 1. The number of hydrogen-bond donors (Lipinski definition) is 1. The molecule has 68 valence electrons. The molecule has 1 aromatic heterocycles. The van der Waals surface area contributed by atoms with Crippen molar-refractivity contribution in [3.8, 4) is 6.07 Å². The number of benzene rings is 1. The number of nitrogens with zero attached hydrogens (tertiary/aromatic N) is 1. The third kappa shape index (κ3) is 1.50. The van der Waals surface area contributed by atoms with E-state index in [0.717, 1.165) is 16.5 Å². The summed E-state index contributed by atoms with van der Waals surface area (Å²) in [5.74, 6) is 0. The van der Waals surface area contributed by atoms with Crippen molar-refractivity contribution in [1.29, 1.82) is 5.26 Å². The van der Waals surface area contributed by atoms with Crippen LogP contribution in [0.2, 0.25) is 0 Å². The first-order chi connectivity index (χ1) is 6.79. The second-order valence-electron chi connectivity index (χ2n) is 3.08. The van der Waals surface area contributed by atoms with E-state index in [1.807, 2.05) is 18.2 Å². The van der Waals surface area contributed by atoms with Crippen LogP contribution in [0, 0.1) is 11.3 Å². The number of rotatable bonds is 1. The molecule has 0 radical (unpaired) electrons.